The highest BCUT2D eigenvalue weighted by Crippen LogP contribution is 2.15. The molecule has 1 amide bonds. The summed E-state index contributed by atoms with van der Waals surface area (Å²) in [6.07, 6.45) is 0. The minimum absolute atomic E-state index is 0.0658. The molecule has 0 aromatic heterocycles. The quantitative estimate of drug-likeness (QED) is 0.717. The number of nitrogens with zero attached hydrogens (tertiary/aromatic N) is 1. The first kappa shape index (κ1) is 9.21. The number of carbonyl (C=O) groups is 1. The number of nitrogens with one attached hydrogen (secondary N) is 1. The second kappa shape index (κ2) is 3.80. The fraction of sp³-hybridized carbons (Fsp3) is 0.364. The van der Waals surface area contributed by atoms with Gasteiger partial charge in [-0.15, -0.1) is 0 Å². The number of para-hydroxylation sites is 1. The molecule has 3 heteroatoms. The lowest BCUT2D eigenvalue weighted by atomic mass is 10.2. The Morgan fingerprint density at radius 1 is 1.36 bits per heavy atom. The van der Waals surface area contributed by atoms with Crippen LogP contribution in [0.1, 0.15) is 6.92 Å². The van der Waals surface area contributed by atoms with E-state index in [0.29, 0.717) is 0 Å². The SMILES string of the molecule is CC1NCCN(c2ccccc2)C1=O. The molecule has 2 rings (SSSR count). The molecule has 0 radical (unpaired) electrons. The highest BCUT2D eigenvalue weighted by atomic mass is 16.2. The van der Waals surface area contributed by atoms with E-state index in [4.69, 9.17) is 0 Å². The summed E-state index contributed by atoms with van der Waals surface area (Å²) < 4.78 is 0. The van der Waals surface area contributed by atoms with Crippen molar-refractivity contribution in [2.75, 3.05) is 18.0 Å². The monoisotopic (exact) mass is 190 g/mol. The minimum atomic E-state index is -0.0658. The number of benzene rings is 1. The van der Waals surface area contributed by atoms with Crippen LogP contribution in [0.3, 0.4) is 0 Å². The molecule has 0 saturated carbocycles. The molecular formula is C11H14N2O. The Labute approximate surface area is 83.7 Å². The number of hydrogen-bond acceptors (Lipinski definition) is 2. The van der Waals surface area contributed by atoms with Gasteiger partial charge in [0, 0.05) is 18.8 Å². The lowest BCUT2D eigenvalue weighted by molar-refractivity contribution is -0.121. The third-order valence-electron chi connectivity index (χ3n) is 2.49. The lowest BCUT2D eigenvalue weighted by Gasteiger charge is -2.31. The van der Waals surface area contributed by atoms with Gasteiger partial charge < -0.3 is 10.2 Å². The molecule has 0 bridgehead atoms. The van der Waals surface area contributed by atoms with Crippen LogP contribution in [0, 0.1) is 0 Å². The average molecular weight is 190 g/mol. The van der Waals surface area contributed by atoms with E-state index in [0.717, 1.165) is 18.8 Å². The first-order valence-electron chi connectivity index (χ1n) is 4.89. The van der Waals surface area contributed by atoms with E-state index in [9.17, 15) is 4.79 Å². The second-order valence-electron chi connectivity index (χ2n) is 3.50. The number of anilines is 1. The highest BCUT2D eigenvalue weighted by molar-refractivity contribution is 5.97. The van der Waals surface area contributed by atoms with Crippen molar-refractivity contribution in [3.63, 3.8) is 0 Å². The summed E-state index contributed by atoms with van der Waals surface area (Å²) in [5.41, 5.74) is 0.992. The van der Waals surface area contributed by atoms with E-state index < -0.39 is 0 Å². The third kappa shape index (κ3) is 1.63. The number of carbonyl (C=O) groups excluding carboxylic acids is 1. The van der Waals surface area contributed by atoms with E-state index >= 15 is 0 Å². The Hall–Kier alpha value is -1.35. The van der Waals surface area contributed by atoms with Gasteiger partial charge in [0.1, 0.15) is 0 Å². The molecule has 1 atom stereocenters. The molecule has 1 aromatic carbocycles. The molecule has 1 N–H and O–H groups in total. The Morgan fingerprint density at radius 3 is 2.79 bits per heavy atom. The summed E-state index contributed by atoms with van der Waals surface area (Å²) in [7, 11) is 0. The molecular weight excluding hydrogens is 176 g/mol. The van der Waals surface area contributed by atoms with Gasteiger partial charge >= 0.3 is 0 Å². The maximum absolute atomic E-state index is 11.8. The summed E-state index contributed by atoms with van der Waals surface area (Å²) in [5, 5.41) is 3.14. The number of rotatable bonds is 1. The Bertz CT molecular complexity index is 323. The van der Waals surface area contributed by atoms with Crippen LogP contribution in [-0.2, 0) is 4.79 Å². The van der Waals surface area contributed by atoms with Crippen LogP contribution in [0.25, 0.3) is 0 Å². The van der Waals surface area contributed by atoms with Gasteiger partial charge in [-0.3, -0.25) is 4.79 Å². The molecule has 14 heavy (non-hydrogen) atoms. The van der Waals surface area contributed by atoms with Gasteiger partial charge in [0.15, 0.2) is 0 Å². The van der Waals surface area contributed by atoms with Gasteiger partial charge in [-0.1, -0.05) is 18.2 Å². The van der Waals surface area contributed by atoms with Crippen molar-refractivity contribution in [3.8, 4) is 0 Å². The van der Waals surface area contributed by atoms with Crippen molar-refractivity contribution in [2.45, 2.75) is 13.0 Å². The van der Waals surface area contributed by atoms with Crippen LogP contribution in [0.2, 0.25) is 0 Å². The lowest BCUT2D eigenvalue weighted by Crippen LogP contribution is -2.53. The van der Waals surface area contributed by atoms with Crippen LogP contribution in [0.4, 0.5) is 5.69 Å². The van der Waals surface area contributed by atoms with E-state index in [1.54, 1.807) is 0 Å². The van der Waals surface area contributed by atoms with Crippen LogP contribution < -0.4 is 10.2 Å². The van der Waals surface area contributed by atoms with Gasteiger partial charge in [-0.25, -0.2) is 0 Å². The van der Waals surface area contributed by atoms with E-state index in [2.05, 4.69) is 5.32 Å². The Kier molecular flexibility index (Phi) is 2.50. The summed E-state index contributed by atoms with van der Waals surface area (Å²) in [6.45, 7) is 3.52. The van der Waals surface area contributed by atoms with Crippen molar-refractivity contribution in [1.82, 2.24) is 5.32 Å². The first-order valence-corrected chi connectivity index (χ1v) is 4.89. The van der Waals surface area contributed by atoms with Gasteiger partial charge in [-0.05, 0) is 19.1 Å². The molecule has 0 aliphatic carbocycles. The molecule has 1 saturated heterocycles. The summed E-state index contributed by atoms with van der Waals surface area (Å²) in [5.74, 6) is 0.155. The largest absolute Gasteiger partial charge is 0.310 e. The van der Waals surface area contributed by atoms with Crippen molar-refractivity contribution in [1.29, 1.82) is 0 Å². The minimum Gasteiger partial charge on any atom is -0.310 e. The molecule has 1 aliphatic rings. The number of amides is 1. The zero-order valence-electron chi connectivity index (χ0n) is 8.23. The normalized spacial score (nSPS) is 22.5. The summed E-state index contributed by atoms with van der Waals surface area (Å²) in [6, 6.07) is 9.74. The molecule has 1 fully saturated rings. The predicted octanol–water partition coefficient (Wildman–Crippen LogP) is 1.01. The standard InChI is InChI=1S/C11H14N2O/c1-9-11(14)13(8-7-12-9)10-5-3-2-4-6-10/h2-6,9,12H,7-8H2,1H3. The van der Waals surface area contributed by atoms with Crippen LogP contribution in [-0.4, -0.2) is 25.0 Å². The Balaban J connectivity index is 2.22. The fourth-order valence-corrected chi connectivity index (χ4v) is 1.69. The smallest absolute Gasteiger partial charge is 0.243 e. The molecule has 1 heterocycles. The van der Waals surface area contributed by atoms with Crippen molar-refractivity contribution in [3.05, 3.63) is 30.3 Å². The van der Waals surface area contributed by atoms with Crippen LogP contribution in [0.15, 0.2) is 30.3 Å². The van der Waals surface area contributed by atoms with Crippen molar-refractivity contribution in [2.24, 2.45) is 0 Å². The maximum atomic E-state index is 11.8. The van der Waals surface area contributed by atoms with Gasteiger partial charge in [0.05, 0.1) is 6.04 Å². The van der Waals surface area contributed by atoms with Gasteiger partial charge in [0.2, 0.25) is 5.91 Å². The molecule has 1 aliphatic heterocycles. The number of hydrogen-bond donors (Lipinski definition) is 1. The van der Waals surface area contributed by atoms with Gasteiger partial charge in [0.25, 0.3) is 0 Å². The van der Waals surface area contributed by atoms with E-state index in [1.807, 2.05) is 42.2 Å². The third-order valence-corrected chi connectivity index (χ3v) is 2.49. The fourth-order valence-electron chi connectivity index (χ4n) is 1.69. The molecule has 1 unspecified atom stereocenters. The average Bonchev–Trinajstić information content (AvgIpc) is 2.23. The van der Waals surface area contributed by atoms with Gasteiger partial charge in [-0.2, -0.15) is 0 Å². The molecule has 0 spiro atoms. The highest BCUT2D eigenvalue weighted by Gasteiger charge is 2.25. The zero-order valence-corrected chi connectivity index (χ0v) is 8.23. The van der Waals surface area contributed by atoms with Crippen LogP contribution in [0.5, 0.6) is 0 Å². The molecule has 3 nitrogen and oxygen atoms in total. The zero-order chi connectivity index (χ0) is 9.97. The topological polar surface area (TPSA) is 32.3 Å². The predicted molar refractivity (Wildman–Crippen MR) is 56.3 cm³/mol. The van der Waals surface area contributed by atoms with E-state index in [-0.39, 0.29) is 11.9 Å². The molecule has 1 aromatic rings. The van der Waals surface area contributed by atoms with Crippen molar-refractivity contribution < 1.29 is 4.79 Å². The maximum Gasteiger partial charge on any atom is 0.243 e. The summed E-state index contributed by atoms with van der Waals surface area (Å²) >= 11 is 0. The van der Waals surface area contributed by atoms with E-state index in [1.165, 1.54) is 0 Å². The van der Waals surface area contributed by atoms with Crippen LogP contribution >= 0.6 is 0 Å². The Morgan fingerprint density at radius 2 is 2.07 bits per heavy atom. The van der Waals surface area contributed by atoms with Crippen molar-refractivity contribution >= 4 is 11.6 Å². The molecule has 74 valence electrons. The second-order valence-corrected chi connectivity index (χ2v) is 3.50. The first-order chi connectivity index (χ1) is 6.79. The summed E-state index contributed by atoms with van der Waals surface area (Å²) in [4.78, 5) is 13.6. The number of piperazine rings is 1.